The summed E-state index contributed by atoms with van der Waals surface area (Å²) >= 11 is 0. The average molecular weight is 335 g/mol. The third-order valence-corrected chi connectivity index (χ3v) is 4.13. The Hall–Kier alpha value is -3.08. The molecule has 25 heavy (non-hydrogen) atoms. The second kappa shape index (κ2) is 6.81. The van der Waals surface area contributed by atoms with Crippen LogP contribution < -0.4 is 4.74 Å². The maximum atomic E-state index is 12.3. The van der Waals surface area contributed by atoms with E-state index in [0.717, 1.165) is 22.6 Å². The zero-order valence-electron chi connectivity index (χ0n) is 13.6. The van der Waals surface area contributed by atoms with Gasteiger partial charge in [-0.3, -0.25) is 0 Å². The molecule has 1 atom stereocenters. The molecule has 5 heteroatoms. The largest absolute Gasteiger partial charge is 0.488 e. The van der Waals surface area contributed by atoms with Crippen LogP contribution in [0.2, 0.25) is 0 Å². The first kappa shape index (κ1) is 15.4. The topological polar surface area (TPSA) is 57.1 Å². The van der Waals surface area contributed by atoms with Gasteiger partial charge in [-0.2, -0.15) is 0 Å². The number of fused-ring (bicyclic) bond motifs is 1. The van der Waals surface area contributed by atoms with Crippen molar-refractivity contribution in [3.8, 4) is 5.75 Å². The number of ether oxygens (including phenoxy) is 2. The van der Waals surface area contributed by atoms with Gasteiger partial charge < -0.3 is 14.3 Å². The number of rotatable bonds is 4. The van der Waals surface area contributed by atoms with Gasteiger partial charge in [-0.15, -0.1) is 0 Å². The van der Waals surface area contributed by atoms with Crippen LogP contribution in [0.15, 0.2) is 65.3 Å². The molecule has 2 heterocycles. The smallest absolute Gasteiger partial charge is 0.337 e. The highest BCUT2D eigenvalue weighted by molar-refractivity contribution is 6.01. The predicted octanol–water partition coefficient (Wildman–Crippen LogP) is 3.20. The first-order valence-corrected chi connectivity index (χ1v) is 8.17. The summed E-state index contributed by atoms with van der Waals surface area (Å²) in [5, 5.41) is 4.09. The molecule has 0 saturated heterocycles. The minimum Gasteiger partial charge on any atom is -0.488 e. The zero-order valence-corrected chi connectivity index (χ0v) is 13.6. The molecule has 4 rings (SSSR count). The van der Waals surface area contributed by atoms with Crippen LogP contribution in [0.3, 0.4) is 0 Å². The molecule has 0 bridgehead atoms. The summed E-state index contributed by atoms with van der Waals surface area (Å²) in [7, 11) is 0. The Kier molecular flexibility index (Phi) is 4.21. The highest BCUT2D eigenvalue weighted by Crippen LogP contribution is 2.26. The first-order chi connectivity index (χ1) is 12.3. The molecule has 0 amide bonds. The second-order valence-electron chi connectivity index (χ2n) is 5.93. The zero-order chi connectivity index (χ0) is 17.1. The monoisotopic (exact) mass is 335 g/mol. The molecular formula is C20H17NO4. The Morgan fingerprint density at radius 3 is 2.80 bits per heavy atom. The number of nitrogens with zero attached hydrogens (tertiary/aromatic N) is 1. The summed E-state index contributed by atoms with van der Waals surface area (Å²) in [4.78, 5) is 17.6. The van der Waals surface area contributed by atoms with E-state index in [2.05, 4.69) is 5.16 Å². The number of hydrogen-bond donors (Lipinski definition) is 0. The average Bonchev–Trinajstić information content (AvgIpc) is 3.15. The van der Waals surface area contributed by atoms with Crippen molar-refractivity contribution in [3.63, 3.8) is 0 Å². The van der Waals surface area contributed by atoms with Crippen molar-refractivity contribution in [1.29, 1.82) is 0 Å². The molecule has 2 aliphatic heterocycles. The van der Waals surface area contributed by atoms with Crippen LogP contribution in [0.25, 0.3) is 6.08 Å². The summed E-state index contributed by atoms with van der Waals surface area (Å²) < 4.78 is 11.0. The van der Waals surface area contributed by atoms with E-state index >= 15 is 0 Å². The predicted molar refractivity (Wildman–Crippen MR) is 93.3 cm³/mol. The second-order valence-corrected chi connectivity index (χ2v) is 5.93. The number of carbonyl (C=O) groups excluding carboxylic acids is 1. The van der Waals surface area contributed by atoms with Gasteiger partial charge in [0.05, 0.1) is 11.3 Å². The lowest BCUT2D eigenvalue weighted by Gasteiger charge is -2.17. The highest BCUT2D eigenvalue weighted by Gasteiger charge is 2.25. The fourth-order valence-electron chi connectivity index (χ4n) is 2.81. The molecule has 0 spiro atoms. The van der Waals surface area contributed by atoms with Crippen molar-refractivity contribution < 1.29 is 19.1 Å². The third-order valence-electron chi connectivity index (χ3n) is 4.13. The van der Waals surface area contributed by atoms with Crippen molar-refractivity contribution in [2.75, 3.05) is 13.2 Å². The Bertz CT molecular complexity index is 842. The van der Waals surface area contributed by atoms with Crippen LogP contribution in [-0.2, 0) is 14.4 Å². The summed E-state index contributed by atoms with van der Waals surface area (Å²) in [6, 6.07) is 17.4. The number of para-hydroxylation sites is 1. The fraction of sp³-hybridized carbons (Fsp3) is 0.200. The number of benzene rings is 2. The van der Waals surface area contributed by atoms with Gasteiger partial charge in [0.25, 0.3) is 0 Å². The van der Waals surface area contributed by atoms with E-state index in [1.165, 1.54) is 0 Å². The van der Waals surface area contributed by atoms with E-state index < -0.39 is 0 Å². The Morgan fingerprint density at radius 1 is 1.12 bits per heavy atom. The molecule has 2 aliphatic rings. The maximum Gasteiger partial charge on any atom is 0.337 e. The lowest BCUT2D eigenvalue weighted by Crippen LogP contribution is -2.23. The molecule has 0 saturated carbocycles. The molecule has 0 aromatic heterocycles. The molecule has 2 aromatic rings. The molecule has 126 valence electrons. The normalized spacial score (nSPS) is 18.3. The molecule has 0 N–H and O–H groups in total. The first-order valence-electron chi connectivity index (χ1n) is 8.17. The van der Waals surface area contributed by atoms with Gasteiger partial charge in [0.2, 0.25) is 0 Å². The van der Waals surface area contributed by atoms with Crippen molar-refractivity contribution in [2.24, 2.45) is 5.16 Å². The van der Waals surface area contributed by atoms with Crippen LogP contribution in [0.5, 0.6) is 5.75 Å². The SMILES string of the molecule is O=C(OCC1CC(c2ccccc2)=NO1)C1=Cc2ccccc2OC1. The highest BCUT2D eigenvalue weighted by atomic mass is 16.7. The number of carbonyl (C=O) groups is 1. The van der Waals surface area contributed by atoms with Crippen molar-refractivity contribution in [2.45, 2.75) is 12.5 Å². The lowest BCUT2D eigenvalue weighted by molar-refractivity contribution is -0.143. The van der Waals surface area contributed by atoms with Gasteiger partial charge >= 0.3 is 5.97 Å². The van der Waals surface area contributed by atoms with E-state index in [0.29, 0.717) is 12.0 Å². The van der Waals surface area contributed by atoms with E-state index in [-0.39, 0.29) is 25.3 Å². The summed E-state index contributed by atoms with van der Waals surface area (Å²) in [5.41, 5.74) is 3.28. The standard InChI is InChI=1S/C20H17NO4/c22-20(16-10-15-8-4-5-9-19(15)23-12-16)24-13-17-11-18(21-25-17)14-6-2-1-3-7-14/h1-10,17H,11-13H2. The van der Waals surface area contributed by atoms with Gasteiger partial charge in [-0.25, -0.2) is 4.79 Å². The van der Waals surface area contributed by atoms with Gasteiger partial charge in [-0.1, -0.05) is 53.7 Å². The molecule has 1 unspecified atom stereocenters. The minimum absolute atomic E-state index is 0.164. The van der Waals surface area contributed by atoms with Crippen LogP contribution in [-0.4, -0.2) is 31.0 Å². The molecule has 0 radical (unpaired) electrons. The van der Waals surface area contributed by atoms with Crippen molar-refractivity contribution in [3.05, 3.63) is 71.3 Å². The van der Waals surface area contributed by atoms with Crippen LogP contribution in [0, 0.1) is 0 Å². The maximum absolute atomic E-state index is 12.3. The number of esters is 1. The summed E-state index contributed by atoms with van der Waals surface area (Å²) in [5.74, 6) is 0.394. The van der Waals surface area contributed by atoms with Crippen LogP contribution in [0.4, 0.5) is 0 Å². The third kappa shape index (κ3) is 3.40. The summed E-state index contributed by atoms with van der Waals surface area (Å²) in [6.07, 6.45) is 2.18. The minimum atomic E-state index is -0.383. The van der Waals surface area contributed by atoms with E-state index in [1.54, 1.807) is 0 Å². The Morgan fingerprint density at radius 2 is 1.92 bits per heavy atom. The van der Waals surface area contributed by atoms with E-state index in [9.17, 15) is 4.79 Å². The quantitative estimate of drug-likeness (QED) is 0.805. The Balaban J connectivity index is 1.33. The van der Waals surface area contributed by atoms with Gasteiger partial charge in [0.15, 0.2) is 6.10 Å². The molecule has 0 aliphatic carbocycles. The molecule has 5 nitrogen and oxygen atoms in total. The molecular weight excluding hydrogens is 318 g/mol. The lowest BCUT2D eigenvalue weighted by atomic mass is 10.1. The fourth-order valence-corrected chi connectivity index (χ4v) is 2.81. The number of hydrogen-bond acceptors (Lipinski definition) is 5. The number of oxime groups is 1. The van der Waals surface area contributed by atoms with Crippen molar-refractivity contribution in [1.82, 2.24) is 0 Å². The van der Waals surface area contributed by atoms with Crippen LogP contribution in [0.1, 0.15) is 17.5 Å². The Labute approximate surface area is 145 Å². The van der Waals surface area contributed by atoms with E-state index in [1.807, 2.05) is 60.7 Å². The summed E-state index contributed by atoms with van der Waals surface area (Å²) in [6.45, 7) is 0.380. The molecule has 0 fully saturated rings. The molecule has 2 aromatic carbocycles. The van der Waals surface area contributed by atoms with Gasteiger partial charge in [0, 0.05) is 12.0 Å². The van der Waals surface area contributed by atoms with Gasteiger partial charge in [0.1, 0.15) is 19.0 Å². The van der Waals surface area contributed by atoms with Gasteiger partial charge in [-0.05, 0) is 17.7 Å². The van der Waals surface area contributed by atoms with Crippen molar-refractivity contribution >= 4 is 17.8 Å². The van der Waals surface area contributed by atoms with E-state index in [4.69, 9.17) is 14.3 Å². The van der Waals surface area contributed by atoms with Crippen LogP contribution >= 0.6 is 0 Å².